The largest absolute Gasteiger partial charge is 0.455 e. The van der Waals surface area contributed by atoms with E-state index in [-0.39, 0.29) is 0 Å². The Morgan fingerprint density at radius 3 is 2.34 bits per heavy atom. The van der Waals surface area contributed by atoms with Crippen molar-refractivity contribution in [3.63, 3.8) is 0 Å². The summed E-state index contributed by atoms with van der Waals surface area (Å²) in [5.74, 6) is 0.856. The molecule has 1 aromatic heterocycles. The average molecular weight is 377 g/mol. The van der Waals surface area contributed by atoms with Gasteiger partial charge in [0.05, 0.1) is 5.36 Å². The molecule has 0 aliphatic carbocycles. The second-order valence-electron chi connectivity index (χ2n) is 7.46. The Labute approximate surface area is 170 Å². The van der Waals surface area contributed by atoms with Crippen LogP contribution < -0.4 is 5.36 Å². The number of rotatable bonds is 4. The van der Waals surface area contributed by atoms with Crippen LogP contribution in [0.5, 0.6) is 0 Å². The third-order valence-electron chi connectivity index (χ3n) is 5.46. The first-order valence-electron chi connectivity index (χ1n) is 10.3. The lowest BCUT2D eigenvalue weighted by molar-refractivity contribution is 0.621. The zero-order valence-electron chi connectivity index (χ0n) is 16.6. The van der Waals surface area contributed by atoms with E-state index in [0.717, 1.165) is 52.4 Å². The standard InChI is InChI=1S/C27H23NO/c1-2-3-16-28-25-18-26(22-13-12-19-8-4-5-10-21(19)17-22)29-27-23-11-7-6-9-20(23)14-15-24(25)27/h4-15,17-18H,2-3,16H2,1H3. The van der Waals surface area contributed by atoms with E-state index in [0.29, 0.717) is 0 Å². The topological polar surface area (TPSA) is 25.5 Å². The lowest BCUT2D eigenvalue weighted by Gasteiger charge is -2.09. The Morgan fingerprint density at radius 2 is 1.48 bits per heavy atom. The molecule has 0 amide bonds. The summed E-state index contributed by atoms with van der Waals surface area (Å²) < 4.78 is 6.50. The number of nitrogens with zero attached hydrogens (tertiary/aromatic N) is 1. The van der Waals surface area contributed by atoms with E-state index in [1.165, 1.54) is 16.2 Å². The van der Waals surface area contributed by atoms with Crippen molar-refractivity contribution in [2.75, 3.05) is 6.54 Å². The van der Waals surface area contributed by atoms with Crippen LogP contribution in [0.15, 0.2) is 94.3 Å². The van der Waals surface area contributed by atoms with E-state index in [1.54, 1.807) is 0 Å². The number of unbranched alkanes of at least 4 members (excludes halogenated alkanes) is 1. The van der Waals surface area contributed by atoms with Crippen LogP contribution in [-0.2, 0) is 0 Å². The van der Waals surface area contributed by atoms with Crippen LogP contribution in [0.3, 0.4) is 0 Å². The van der Waals surface area contributed by atoms with Crippen LogP contribution in [0.2, 0.25) is 0 Å². The lowest BCUT2D eigenvalue weighted by atomic mass is 10.0. The van der Waals surface area contributed by atoms with Gasteiger partial charge in [-0.05, 0) is 34.7 Å². The zero-order valence-corrected chi connectivity index (χ0v) is 16.6. The monoisotopic (exact) mass is 377 g/mol. The summed E-state index contributed by atoms with van der Waals surface area (Å²) >= 11 is 0. The highest BCUT2D eigenvalue weighted by Crippen LogP contribution is 2.29. The van der Waals surface area contributed by atoms with Gasteiger partial charge in [-0.25, -0.2) is 0 Å². The van der Waals surface area contributed by atoms with Gasteiger partial charge in [-0.15, -0.1) is 0 Å². The maximum absolute atomic E-state index is 6.50. The van der Waals surface area contributed by atoms with E-state index in [1.807, 2.05) is 0 Å². The molecule has 0 saturated heterocycles. The molecule has 0 bridgehead atoms. The average Bonchev–Trinajstić information content (AvgIpc) is 2.78. The van der Waals surface area contributed by atoms with Crippen molar-refractivity contribution >= 4 is 32.5 Å². The Kier molecular flexibility index (Phi) is 4.61. The molecule has 0 N–H and O–H groups in total. The SMILES string of the molecule is CCCCN=c1cc(-c2ccc3ccccc3c2)oc2c1ccc1ccccc12. The molecule has 1 heterocycles. The van der Waals surface area contributed by atoms with Crippen LogP contribution in [0.1, 0.15) is 19.8 Å². The van der Waals surface area contributed by atoms with Crippen LogP contribution >= 0.6 is 0 Å². The summed E-state index contributed by atoms with van der Waals surface area (Å²) in [5, 5.41) is 6.83. The highest BCUT2D eigenvalue weighted by Gasteiger charge is 2.09. The van der Waals surface area contributed by atoms with Gasteiger partial charge in [-0.3, -0.25) is 4.99 Å². The van der Waals surface area contributed by atoms with Gasteiger partial charge in [-0.1, -0.05) is 80.1 Å². The highest BCUT2D eigenvalue weighted by molar-refractivity contribution is 6.04. The third kappa shape index (κ3) is 3.31. The third-order valence-corrected chi connectivity index (χ3v) is 5.46. The molecule has 4 aromatic carbocycles. The van der Waals surface area contributed by atoms with E-state index in [4.69, 9.17) is 9.41 Å². The van der Waals surface area contributed by atoms with Crippen molar-refractivity contribution in [1.82, 2.24) is 0 Å². The molecule has 0 aliphatic heterocycles. The van der Waals surface area contributed by atoms with Crippen molar-refractivity contribution in [2.45, 2.75) is 19.8 Å². The summed E-state index contributed by atoms with van der Waals surface area (Å²) in [4.78, 5) is 4.92. The number of hydrogen-bond acceptors (Lipinski definition) is 2. The van der Waals surface area contributed by atoms with Gasteiger partial charge in [0.1, 0.15) is 11.3 Å². The Bertz CT molecular complexity index is 1390. The Hall–Kier alpha value is -3.39. The number of benzene rings is 4. The molecule has 2 nitrogen and oxygen atoms in total. The predicted octanol–water partition coefficient (Wildman–Crippen LogP) is 7.11. The minimum absolute atomic E-state index is 0.833. The summed E-state index contributed by atoms with van der Waals surface area (Å²) in [7, 11) is 0. The van der Waals surface area contributed by atoms with Crippen LogP contribution in [0, 0.1) is 0 Å². The van der Waals surface area contributed by atoms with Gasteiger partial charge in [0.25, 0.3) is 0 Å². The van der Waals surface area contributed by atoms with Crippen molar-refractivity contribution in [3.8, 4) is 11.3 Å². The van der Waals surface area contributed by atoms with Gasteiger partial charge in [0, 0.05) is 28.9 Å². The van der Waals surface area contributed by atoms with Gasteiger partial charge in [-0.2, -0.15) is 0 Å². The fraction of sp³-hybridized carbons (Fsp3) is 0.148. The first-order valence-corrected chi connectivity index (χ1v) is 10.3. The summed E-state index contributed by atoms with van der Waals surface area (Å²) in [6.07, 6.45) is 2.23. The normalized spacial score (nSPS) is 12.2. The molecule has 0 fully saturated rings. The maximum atomic E-state index is 6.50. The minimum Gasteiger partial charge on any atom is -0.455 e. The molecule has 5 rings (SSSR count). The van der Waals surface area contributed by atoms with Gasteiger partial charge in [0.2, 0.25) is 0 Å². The molecule has 0 aliphatic rings. The fourth-order valence-electron chi connectivity index (χ4n) is 3.87. The van der Waals surface area contributed by atoms with E-state index >= 15 is 0 Å². The summed E-state index contributed by atoms with van der Waals surface area (Å²) in [5.41, 5.74) is 1.98. The second kappa shape index (κ2) is 7.56. The zero-order chi connectivity index (χ0) is 19.6. The maximum Gasteiger partial charge on any atom is 0.144 e. The smallest absolute Gasteiger partial charge is 0.144 e. The minimum atomic E-state index is 0.833. The molecule has 2 heteroatoms. The first-order chi connectivity index (χ1) is 14.3. The summed E-state index contributed by atoms with van der Waals surface area (Å²) in [6.45, 7) is 3.03. The second-order valence-corrected chi connectivity index (χ2v) is 7.46. The quantitative estimate of drug-likeness (QED) is 0.242. The van der Waals surface area contributed by atoms with Crippen LogP contribution in [-0.4, -0.2) is 6.54 Å². The van der Waals surface area contributed by atoms with Crippen molar-refractivity contribution in [2.24, 2.45) is 4.99 Å². The Morgan fingerprint density at radius 1 is 0.724 bits per heavy atom. The fourth-order valence-corrected chi connectivity index (χ4v) is 3.87. The molecular formula is C27H23NO. The molecule has 142 valence electrons. The molecule has 0 saturated carbocycles. The molecule has 0 spiro atoms. The van der Waals surface area contributed by atoms with Crippen molar-refractivity contribution in [1.29, 1.82) is 0 Å². The predicted molar refractivity (Wildman–Crippen MR) is 122 cm³/mol. The van der Waals surface area contributed by atoms with E-state index in [9.17, 15) is 0 Å². The van der Waals surface area contributed by atoms with Gasteiger partial charge >= 0.3 is 0 Å². The number of fused-ring (bicyclic) bond motifs is 4. The van der Waals surface area contributed by atoms with Crippen molar-refractivity contribution < 1.29 is 4.42 Å². The molecule has 0 unspecified atom stereocenters. The lowest BCUT2D eigenvalue weighted by Crippen LogP contribution is -2.05. The Balaban J connectivity index is 1.80. The molecule has 5 aromatic rings. The molecule has 29 heavy (non-hydrogen) atoms. The van der Waals surface area contributed by atoms with Gasteiger partial charge < -0.3 is 4.42 Å². The van der Waals surface area contributed by atoms with Crippen molar-refractivity contribution in [3.05, 3.63) is 90.3 Å². The van der Waals surface area contributed by atoms with E-state index < -0.39 is 0 Å². The van der Waals surface area contributed by atoms with Crippen LogP contribution in [0.4, 0.5) is 0 Å². The molecule has 0 atom stereocenters. The van der Waals surface area contributed by atoms with Gasteiger partial charge in [0.15, 0.2) is 0 Å². The van der Waals surface area contributed by atoms with Crippen LogP contribution in [0.25, 0.3) is 43.8 Å². The number of hydrogen-bond donors (Lipinski definition) is 0. The molecular weight excluding hydrogens is 354 g/mol. The highest BCUT2D eigenvalue weighted by atomic mass is 16.3. The molecule has 0 radical (unpaired) electrons. The summed E-state index contributed by atoms with van der Waals surface area (Å²) in [6, 6.07) is 29.7. The van der Waals surface area contributed by atoms with E-state index in [2.05, 4.69) is 91.9 Å². The first kappa shape index (κ1) is 17.7.